The first-order chi connectivity index (χ1) is 15.7. The van der Waals surface area contributed by atoms with Gasteiger partial charge in [0.15, 0.2) is 5.82 Å². The molecule has 1 N–H and O–H groups in total. The molecule has 33 heavy (non-hydrogen) atoms. The number of aromatic nitrogens is 3. The lowest BCUT2D eigenvalue weighted by molar-refractivity contribution is -0.137. The molecule has 0 aliphatic heterocycles. The van der Waals surface area contributed by atoms with Gasteiger partial charge in [-0.25, -0.2) is 4.98 Å². The van der Waals surface area contributed by atoms with Gasteiger partial charge in [-0.15, -0.1) is 0 Å². The van der Waals surface area contributed by atoms with E-state index in [1.165, 1.54) is 18.2 Å². The Labute approximate surface area is 191 Å². The standard InChI is InChI=1S/C21H19ClF3N5O3/c1-3-29(12-18(31)28-14-6-4-5-7-16(14)33-2)15-11-27-30(20(32)19(15)22)17-9-8-13(10-26-17)21(23,24)25/h4-11H,3,12H2,1-2H3,(H,28,31). The number of likely N-dealkylation sites (N-methyl/N-ethyl adjacent to an activating group) is 1. The van der Waals surface area contributed by atoms with Gasteiger partial charge >= 0.3 is 6.18 Å². The van der Waals surface area contributed by atoms with Crippen LogP contribution in [0.15, 0.2) is 53.6 Å². The molecule has 2 aromatic heterocycles. The van der Waals surface area contributed by atoms with Crippen LogP contribution in [0.3, 0.4) is 0 Å². The van der Waals surface area contributed by atoms with E-state index in [0.717, 1.165) is 16.8 Å². The number of benzene rings is 1. The van der Waals surface area contributed by atoms with Crippen LogP contribution >= 0.6 is 11.6 Å². The molecule has 0 bridgehead atoms. The Morgan fingerprint density at radius 3 is 2.55 bits per heavy atom. The number of rotatable bonds is 7. The van der Waals surface area contributed by atoms with E-state index >= 15 is 0 Å². The number of ether oxygens (including phenoxy) is 1. The number of carbonyl (C=O) groups is 1. The fourth-order valence-electron chi connectivity index (χ4n) is 2.97. The van der Waals surface area contributed by atoms with Gasteiger partial charge in [0.2, 0.25) is 5.91 Å². The maximum Gasteiger partial charge on any atom is 0.417 e. The van der Waals surface area contributed by atoms with E-state index in [-0.39, 0.29) is 29.0 Å². The predicted octanol–water partition coefficient (Wildman–Crippen LogP) is 3.77. The zero-order valence-corrected chi connectivity index (χ0v) is 18.3. The van der Waals surface area contributed by atoms with Gasteiger partial charge in [-0.1, -0.05) is 23.7 Å². The number of hydrogen-bond acceptors (Lipinski definition) is 6. The first-order valence-corrected chi connectivity index (χ1v) is 10.0. The Bertz CT molecular complexity index is 1200. The summed E-state index contributed by atoms with van der Waals surface area (Å²) in [6.07, 6.45) is -2.70. The number of hydrogen-bond donors (Lipinski definition) is 1. The van der Waals surface area contributed by atoms with Crippen molar-refractivity contribution in [3.63, 3.8) is 0 Å². The second-order valence-electron chi connectivity index (χ2n) is 6.73. The van der Waals surface area contributed by atoms with Gasteiger partial charge in [0.25, 0.3) is 5.56 Å². The molecule has 1 amide bonds. The molecule has 174 valence electrons. The van der Waals surface area contributed by atoms with Crippen LogP contribution in [0.5, 0.6) is 5.75 Å². The Kier molecular flexibility index (Phi) is 7.22. The number of carbonyl (C=O) groups excluding carboxylic acids is 1. The van der Waals surface area contributed by atoms with Crippen molar-refractivity contribution in [2.24, 2.45) is 0 Å². The van der Waals surface area contributed by atoms with Crippen molar-refractivity contribution in [1.82, 2.24) is 14.8 Å². The van der Waals surface area contributed by atoms with Crippen molar-refractivity contribution in [3.05, 3.63) is 69.7 Å². The summed E-state index contributed by atoms with van der Waals surface area (Å²) in [5.41, 5.74) is -1.07. The second-order valence-corrected chi connectivity index (χ2v) is 7.10. The minimum atomic E-state index is -4.56. The van der Waals surface area contributed by atoms with Crippen molar-refractivity contribution in [2.75, 3.05) is 30.4 Å². The van der Waals surface area contributed by atoms with Crippen LogP contribution < -0.4 is 20.5 Å². The van der Waals surface area contributed by atoms with Crippen LogP contribution in [0, 0.1) is 0 Å². The summed E-state index contributed by atoms with van der Waals surface area (Å²) >= 11 is 6.24. The molecule has 0 aliphatic rings. The zero-order valence-electron chi connectivity index (χ0n) is 17.6. The van der Waals surface area contributed by atoms with Gasteiger partial charge in [-0.2, -0.15) is 23.0 Å². The molecular weight excluding hydrogens is 463 g/mol. The molecule has 0 saturated carbocycles. The van der Waals surface area contributed by atoms with Gasteiger partial charge in [0.05, 0.1) is 36.8 Å². The fourth-order valence-corrected chi connectivity index (χ4v) is 3.21. The summed E-state index contributed by atoms with van der Waals surface area (Å²) in [4.78, 5) is 30.5. The molecule has 0 spiro atoms. The Morgan fingerprint density at radius 1 is 1.21 bits per heavy atom. The summed E-state index contributed by atoms with van der Waals surface area (Å²) in [5.74, 6) is -0.0235. The third-order valence-corrected chi connectivity index (χ3v) is 4.99. The smallest absolute Gasteiger partial charge is 0.417 e. The van der Waals surface area contributed by atoms with E-state index in [0.29, 0.717) is 24.2 Å². The molecule has 8 nitrogen and oxygen atoms in total. The highest BCUT2D eigenvalue weighted by molar-refractivity contribution is 6.33. The van der Waals surface area contributed by atoms with Gasteiger partial charge in [-0.05, 0) is 31.2 Å². The van der Waals surface area contributed by atoms with Gasteiger partial charge in [0.1, 0.15) is 10.8 Å². The van der Waals surface area contributed by atoms with E-state index in [9.17, 15) is 22.8 Å². The Hall–Kier alpha value is -3.60. The second kappa shape index (κ2) is 9.90. The van der Waals surface area contributed by atoms with E-state index in [2.05, 4.69) is 15.4 Å². The third kappa shape index (κ3) is 5.43. The molecule has 0 saturated heterocycles. The normalized spacial score (nSPS) is 11.2. The number of nitrogens with zero attached hydrogens (tertiary/aromatic N) is 4. The number of para-hydroxylation sites is 2. The highest BCUT2D eigenvalue weighted by atomic mass is 35.5. The summed E-state index contributed by atoms with van der Waals surface area (Å²) in [6.45, 7) is 1.94. The van der Waals surface area contributed by atoms with E-state index in [1.54, 1.807) is 31.2 Å². The van der Waals surface area contributed by atoms with Crippen molar-refractivity contribution >= 4 is 28.9 Å². The molecule has 0 radical (unpaired) electrons. The van der Waals surface area contributed by atoms with Crippen molar-refractivity contribution < 1.29 is 22.7 Å². The molecule has 0 aliphatic carbocycles. The fraction of sp³-hybridized carbons (Fsp3) is 0.238. The molecule has 3 rings (SSSR count). The van der Waals surface area contributed by atoms with Crippen LogP contribution in [0.2, 0.25) is 5.02 Å². The summed E-state index contributed by atoms with van der Waals surface area (Å²) < 4.78 is 44.2. The highest BCUT2D eigenvalue weighted by Gasteiger charge is 2.31. The average Bonchev–Trinajstić information content (AvgIpc) is 2.79. The highest BCUT2D eigenvalue weighted by Crippen LogP contribution is 2.29. The topological polar surface area (TPSA) is 89.3 Å². The van der Waals surface area contributed by atoms with Crippen LogP contribution in [0.25, 0.3) is 5.82 Å². The van der Waals surface area contributed by atoms with Crippen LogP contribution in [0.1, 0.15) is 12.5 Å². The van der Waals surface area contributed by atoms with E-state index in [4.69, 9.17) is 16.3 Å². The number of amides is 1. The van der Waals surface area contributed by atoms with Gasteiger partial charge in [0, 0.05) is 12.7 Å². The molecule has 0 fully saturated rings. The Balaban J connectivity index is 1.83. The van der Waals surface area contributed by atoms with Crippen LogP contribution in [-0.4, -0.2) is 40.9 Å². The minimum Gasteiger partial charge on any atom is -0.495 e. The number of methoxy groups -OCH3 is 1. The lowest BCUT2D eigenvalue weighted by atomic mass is 10.3. The Morgan fingerprint density at radius 2 is 1.94 bits per heavy atom. The quantitative estimate of drug-likeness (QED) is 0.552. The average molecular weight is 482 g/mol. The van der Waals surface area contributed by atoms with Crippen molar-refractivity contribution in [2.45, 2.75) is 13.1 Å². The summed E-state index contributed by atoms with van der Waals surface area (Å²) in [5, 5.41) is 6.45. The first-order valence-electron chi connectivity index (χ1n) is 9.65. The molecule has 1 aromatic carbocycles. The molecular formula is C21H19ClF3N5O3. The SMILES string of the molecule is CCN(CC(=O)Nc1ccccc1OC)c1cnn(-c2ccc(C(F)(F)F)cn2)c(=O)c1Cl. The number of anilines is 2. The zero-order chi connectivity index (χ0) is 24.2. The largest absolute Gasteiger partial charge is 0.495 e. The first kappa shape index (κ1) is 24.1. The summed E-state index contributed by atoms with van der Waals surface area (Å²) in [7, 11) is 1.48. The minimum absolute atomic E-state index is 0.126. The maximum absolute atomic E-state index is 12.7. The summed E-state index contributed by atoms with van der Waals surface area (Å²) in [6, 6.07) is 8.69. The van der Waals surface area contributed by atoms with Crippen LogP contribution in [0.4, 0.5) is 24.5 Å². The monoisotopic (exact) mass is 481 g/mol. The van der Waals surface area contributed by atoms with Crippen molar-refractivity contribution in [3.8, 4) is 11.6 Å². The van der Waals surface area contributed by atoms with Gasteiger partial charge in [-0.3, -0.25) is 9.59 Å². The lowest BCUT2D eigenvalue weighted by Crippen LogP contribution is -2.35. The van der Waals surface area contributed by atoms with Gasteiger partial charge < -0.3 is 15.0 Å². The lowest BCUT2D eigenvalue weighted by Gasteiger charge is -2.23. The number of nitrogens with one attached hydrogen (secondary N) is 1. The number of pyridine rings is 1. The molecule has 3 aromatic rings. The molecule has 0 atom stereocenters. The number of halogens is 4. The maximum atomic E-state index is 12.7. The third-order valence-electron chi connectivity index (χ3n) is 4.63. The van der Waals surface area contributed by atoms with E-state index < -0.39 is 17.3 Å². The molecule has 2 heterocycles. The van der Waals surface area contributed by atoms with E-state index in [1.807, 2.05) is 0 Å². The molecule has 12 heteroatoms. The van der Waals surface area contributed by atoms with Crippen LogP contribution in [-0.2, 0) is 11.0 Å². The predicted molar refractivity (Wildman–Crippen MR) is 117 cm³/mol. The van der Waals surface area contributed by atoms with Crippen molar-refractivity contribution in [1.29, 1.82) is 0 Å². The number of alkyl halides is 3. The molecule has 0 unspecified atom stereocenters.